The fraction of sp³-hybridized carbons (Fsp3) is 0.500. The first-order valence-electron chi connectivity index (χ1n) is 6.89. The summed E-state index contributed by atoms with van der Waals surface area (Å²) in [6.07, 6.45) is 4.39. The summed E-state index contributed by atoms with van der Waals surface area (Å²) in [5, 5.41) is 0. The molecule has 1 aliphatic rings. The van der Waals surface area contributed by atoms with Crippen LogP contribution in [0.1, 0.15) is 16.7 Å². The summed E-state index contributed by atoms with van der Waals surface area (Å²) in [6.45, 7) is 9.68. The summed E-state index contributed by atoms with van der Waals surface area (Å²) in [6, 6.07) is 4.53. The van der Waals surface area contributed by atoms with Gasteiger partial charge in [0.15, 0.2) is 0 Å². The zero-order valence-corrected chi connectivity index (χ0v) is 12.8. The van der Waals surface area contributed by atoms with Crippen LogP contribution >= 0.6 is 0 Å². The standard InChI is InChI=1S/C16H25N3/c1-13-10-14(2)16(15(3)11-13)19-9-8-18(12-19)7-6-17(4)5/h8-11H,6-7,12H2,1-5H3. The van der Waals surface area contributed by atoms with Crippen LogP contribution in [0.5, 0.6) is 0 Å². The lowest BCUT2D eigenvalue weighted by molar-refractivity contribution is 0.321. The number of benzene rings is 1. The summed E-state index contributed by atoms with van der Waals surface area (Å²) < 4.78 is 0. The van der Waals surface area contributed by atoms with Gasteiger partial charge in [-0.25, -0.2) is 0 Å². The maximum Gasteiger partial charge on any atom is 0.0942 e. The van der Waals surface area contributed by atoms with Crippen LogP contribution in [0, 0.1) is 20.8 Å². The fourth-order valence-electron chi connectivity index (χ4n) is 2.71. The van der Waals surface area contributed by atoms with Crippen molar-refractivity contribution in [3.8, 4) is 0 Å². The number of hydrogen-bond acceptors (Lipinski definition) is 3. The van der Waals surface area contributed by atoms with Gasteiger partial charge in [-0.1, -0.05) is 17.7 Å². The van der Waals surface area contributed by atoms with Crippen LogP contribution in [0.25, 0.3) is 0 Å². The van der Waals surface area contributed by atoms with Crippen LogP contribution in [-0.2, 0) is 0 Å². The Morgan fingerprint density at radius 2 is 1.68 bits per heavy atom. The van der Waals surface area contributed by atoms with Crippen molar-refractivity contribution in [2.45, 2.75) is 20.8 Å². The summed E-state index contributed by atoms with van der Waals surface area (Å²) in [5.41, 5.74) is 5.41. The molecule has 3 heteroatoms. The van der Waals surface area contributed by atoms with E-state index >= 15 is 0 Å². The molecule has 1 aromatic carbocycles. The van der Waals surface area contributed by atoms with Crippen molar-refractivity contribution < 1.29 is 0 Å². The summed E-state index contributed by atoms with van der Waals surface area (Å²) in [4.78, 5) is 6.93. The van der Waals surface area contributed by atoms with Crippen LogP contribution in [0.15, 0.2) is 24.5 Å². The zero-order valence-electron chi connectivity index (χ0n) is 12.8. The topological polar surface area (TPSA) is 9.72 Å². The molecule has 3 nitrogen and oxygen atoms in total. The van der Waals surface area contributed by atoms with Gasteiger partial charge in [-0.15, -0.1) is 0 Å². The van der Waals surface area contributed by atoms with Crippen molar-refractivity contribution in [2.24, 2.45) is 0 Å². The molecular weight excluding hydrogens is 234 g/mol. The van der Waals surface area contributed by atoms with Gasteiger partial charge in [-0.2, -0.15) is 0 Å². The quantitative estimate of drug-likeness (QED) is 0.823. The van der Waals surface area contributed by atoms with E-state index in [0.717, 1.165) is 19.8 Å². The average Bonchev–Trinajstić information content (AvgIpc) is 2.73. The van der Waals surface area contributed by atoms with E-state index < -0.39 is 0 Å². The number of aryl methyl sites for hydroxylation is 3. The van der Waals surface area contributed by atoms with Gasteiger partial charge >= 0.3 is 0 Å². The largest absolute Gasteiger partial charge is 0.357 e. The predicted octanol–water partition coefficient (Wildman–Crippen LogP) is 2.72. The minimum atomic E-state index is 0.957. The van der Waals surface area contributed by atoms with Gasteiger partial charge in [-0.3, -0.25) is 0 Å². The molecule has 19 heavy (non-hydrogen) atoms. The number of anilines is 1. The van der Waals surface area contributed by atoms with E-state index in [-0.39, 0.29) is 0 Å². The highest BCUT2D eigenvalue weighted by Gasteiger charge is 2.17. The Kier molecular flexibility index (Phi) is 4.15. The molecule has 0 atom stereocenters. The van der Waals surface area contributed by atoms with Crippen LogP contribution in [0.3, 0.4) is 0 Å². The predicted molar refractivity (Wildman–Crippen MR) is 82.4 cm³/mol. The summed E-state index contributed by atoms with van der Waals surface area (Å²) >= 11 is 0. The maximum atomic E-state index is 2.36. The Labute approximate surface area is 117 Å². The Morgan fingerprint density at radius 3 is 2.26 bits per heavy atom. The Bertz CT molecular complexity index is 454. The molecule has 1 heterocycles. The molecule has 0 aliphatic carbocycles. The molecule has 0 unspecified atom stereocenters. The first-order valence-corrected chi connectivity index (χ1v) is 6.89. The molecule has 0 saturated carbocycles. The minimum Gasteiger partial charge on any atom is -0.357 e. The second kappa shape index (κ2) is 5.66. The number of likely N-dealkylation sites (N-methyl/N-ethyl adjacent to an activating group) is 1. The monoisotopic (exact) mass is 259 g/mol. The molecular formula is C16H25N3. The summed E-state index contributed by atoms with van der Waals surface area (Å²) in [7, 11) is 4.23. The van der Waals surface area contributed by atoms with Crippen molar-refractivity contribution in [3.05, 3.63) is 41.2 Å². The highest BCUT2D eigenvalue weighted by atomic mass is 15.3. The molecule has 2 rings (SSSR count). The van der Waals surface area contributed by atoms with Crippen molar-refractivity contribution in [3.63, 3.8) is 0 Å². The fourth-order valence-corrected chi connectivity index (χ4v) is 2.71. The van der Waals surface area contributed by atoms with Crippen molar-refractivity contribution in [1.29, 1.82) is 0 Å². The molecule has 0 radical (unpaired) electrons. The van der Waals surface area contributed by atoms with E-state index in [1.54, 1.807) is 0 Å². The van der Waals surface area contributed by atoms with E-state index in [1.807, 2.05) is 0 Å². The molecule has 1 aliphatic heterocycles. The van der Waals surface area contributed by atoms with E-state index in [1.165, 1.54) is 22.4 Å². The number of nitrogens with zero attached hydrogens (tertiary/aromatic N) is 3. The third-order valence-electron chi connectivity index (χ3n) is 3.55. The minimum absolute atomic E-state index is 0.957. The Hall–Kier alpha value is -1.48. The third kappa shape index (κ3) is 3.29. The van der Waals surface area contributed by atoms with Gasteiger partial charge in [0.25, 0.3) is 0 Å². The van der Waals surface area contributed by atoms with E-state index in [2.05, 4.69) is 74.1 Å². The molecule has 104 valence electrons. The first kappa shape index (κ1) is 13.9. The van der Waals surface area contributed by atoms with E-state index in [4.69, 9.17) is 0 Å². The SMILES string of the molecule is Cc1cc(C)c(N2C=CN(CCN(C)C)C2)c(C)c1. The van der Waals surface area contributed by atoms with Crippen LogP contribution in [-0.4, -0.2) is 43.7 Å². The van der Waals surface area contributed by atoms with Gasteiger partial charge in [0.1, 0.15) is 0 Å². The second-order valence-electron chi connectivity index (χ2n) is 5.77. The van der Waals surface area contributed by atoms with Crippen LogP contribution < -0.4 is 4.90 Å². The molecule has 0 saturated heterocycles. The summed E-state index contributed by atoms with van der Waals surface area (Å²) in [5.74, 6) is 0. The van der Waals surface area contributed by atoms with Gasteiger partial charge in [0.05, 0.1) is 6.67 Å². The highest BCUT2D eigenvalue weighted by Crippen LogP contribution is 2.28. The lowest BCUT2D eigenvalue weighted by atomic mass is 10.0. The molecule has 0 aromatic heterocycles. The lowest BCUT2D eigenvalue weighted by Gasteiger charge is -2.25. The Balaban J connectivity index is 2.08. The number of rotatable bonds is 4. The molecule has 1 aromatic rings. The maximum absolute atomic E-state index is 2.36. The van der Waals surface area contributed by atoms with E-state index in [9.17, 15) is 0 Å². The van der Waals surface area contributed by atoms with Crippen LogP contribution in [0.4, 0.5) is 5.69 Å². The van der Waals surface area contributed by atoms with Crippen molar-refractivity contribution >= 4 is 5.69 Å². The Morgan fingerprint density at radius 1 is 1.05 bits per heavy atom. The van der Waals surface area contributed by atoms with Crippen molar-refractivity contribution in [2.75, 3.05) is 38.8 Å². The first-order chi connectivity index (χ1) is 8.97. The normalized spacial score (nSPS) is 14.8. The molecule has 0 fully saturated rings. The highest BCUT2D eigenvalue weighted by molar-refractivity contribution is 5.62. The van der Waals surface area contributed by atoms with E-state index in [0.29, 0.717) is 0 Å². The van der Waals surface area contributed by atoms with Gasteiger partial charge in [0, 0.05) is 31.2 Å². The van der Waals surface area contributed by atoms with Crippen LogP contribution in [0.2, 0.25) is 0 Å². The molecule has 0 N–H and O–H groups in total. The molecule has 0 amide bonds. The zero-order chi connectivity index (χ0) is 14.0. The lowest BCUT2D eigenvalue weighted by Crippen LogP contribution is -2.31. The number of hydrogen-bond donors (Lipinski definition) is 0. The second-order valence-corrected chi connectivity index (χ2v) is 5.77. The van der Waals surface area contributed by atoms with Gasteiger partial charge < -0.3 is 14.7 Å². The van der Waals surface area contributed by atoms with Crippen molar-refractivity contribution in [1.82, 2.24) is 9.80 Å². The average molecular weight is 259 g/mol. The van der Waals surface area contributed by atoms with Gasteiger partial charge in [0.2, 0.25) is 0 Å². The third-order valence-corrected chi connectivity index (χ3v) is 3.55. The van der Waals surface area contributed by atoms with Gasteiger partial charge in [-0.05, 0) is 46.0 Å². The molecule has 0 spiro atoms. The molecule has 0 bridgehead atoms. The smallest absolute Gasteiger partial charge is 0.0942 e.